The summed E-state index contributed by atoms with van der Waals surface area (Å²) in [5.41, 5.74) is 0.274. The Hall–Kier alpha value is -1.15. The molecule has 3 rings (SSSR count). The first-order chi connectivity index (χ1) is 11.9. The molecule has 2 atom stereocenters. The second-order valence-corrected chi connectivity index (χ2v) is 8.98. The number of benzene rings is 1. The van der Waals surface area contributed by atoms with Crippen LogP contribution in [0, 0.1) is 11.8 Å². The number of fused-ring (bicyclic) bond motifs is 1. The molecule has 0 spiro atoms. The van der Waals surface area contributed by atoms with Crippen LogP contribution in [-0.2, 0) is 10.0 Å². The van der Waals surface area contributed by atoms with E-state index in [4.69, 9.17) is 0 Å². The molecule has 0 radical (unpaired) electrons. The Balaban J connectivity index is 0.00000243. The summed E-state index contributed by atoms with van der Waals surface area (Å²) in [6.45, 7) is 5.51. The van der Waals surface area contributed by atoms with Gasteiger partial charge in [0.15, 0.2) is 0 Å². The highest BCUT2D eigenvalue weighted by molar-refractivity contribution is 7.89. The SMILES string of the molecule is CCCCN(C)C(=O)c1ccccc1S(=O)(=O)N1C[C@H]2CNC[C@H]2C1.Cl. The molecule has 2 saturated heterocycles. The zero-order chi connectivity index (χ0) is 18.0. The lowest BCUT2D eigenvalue weighted by Gasteiger charge is -2.22. The fourth-order valence-electron chi connectivity index (χ4n) is 3.72. The highest BCUT2D eigenvalue weighted by Crippen LogP contribution is 2.32. The Bertz CT molecular complexity index is 729. The third kappa shape index (κ3) is 4.06. The third-order valence-corrected chi connectivity index (χ3v) is 7.17. The van der Waals surface area contributed by atoms with Gasteiger partial charge in [-0.1, -0.05) is 25.5 Å². The van der Waals surface area contributed by atoms with E-state index in [1.165, 1.54) is 0 Å². The number of amides is 1. The van der Waals surface area contributed by atoms with Crippen LogP contribution in [0.1, 0.15) is 30.1 Å². The minimum absolute atomic E-state index is 0. The number of hydrogen-bond donors (Lipinski definition) is 1. The number of sulfonamides is 1. The van der Waals surface area contributed by atoms with Gasteiger partial charge in [-0.2, -0.15) is 4.31 Å². The first-order valence-corrected chi connectivity index (χ1v) is 10.4. The lowest BCUT2D eigenvalue weighted by atomic mass is 10.0. The smallest absolute Gasteiger partial charge is 0.254 e. The molecule has 2 heterocycles. The van der Waals surface area contributed by atoms with Crippen LogP contribution in [0.4, 0.5) is 0 Å². The van der Waals surface area contributed by atoms with Gasteiger partial charge in [-0.25, -0.2) is 8.42 Å². The molecular weight excluding hydrogens is 374 g/mol. The zero-order valence-corrected chi connectivity index (χ0v) is 17.0. The van der Waals surface area contributed by atoms with Gasteiger partial charge in [-0.15, -0.1) is 12.4 Å². The van der Waals surface area contributed by atoms with Gasteiger partial charge in [0, 0.05) is 26.7 Å². The van der Waals surface area contributed by atoms with Crippen LogP contribution in [0.25, 0.3) is 0 Å². The van der Waals surface area contributed by atoms with Gasteiger partial charge in [0.05, 0.1) is 10.5 Å². The largest absolute Gasteiger partial charge is 0.342 e. The molecule has 2 fully saturated rings. The molecule has 146 valence electrons. The predicted octanol–water partition coefficient (Wildman–Crippen LogP) is 1.82. The third-order valence-electron chi connectivity index (χ3n) is 5.29. The lowest BCUT2D eigenvalue weighted by Crippen LogP contribution is -2.34. The summed E-state index contributed by atoms with van der Waals surface area (Å²) >= 11 is 0. The molecule has 0 aromatic heterocycles. The van der Waals surface area contributed by atoms with Crippen LogP contribution in [0.3, 0.4) is 0 Å². The van der Waals surface area contributed by atoms with Crippen LogP contribution in [0.5, 0.6) is 0 Å². The molecule has 0 saturated carbocycles. The summed E-state index contributed by atoms with van der Waals surface area (Å²) in [6.07, 6.45) is 1.89. The Morgan fingerprint density at radius 1 is 1.23 bits per heavy atom. The number of nitrogens with zero attached hydrogens (tertiary/aromatic N) is 2. The number of halogens is 1. The van der Waals surface area contributed by atoms with Crippen LogP contribution < -0.4 is 5.32 Å². The van der Waals surface area contributed by atoms with Crippen molar-refractivity contribution in [2.75, 3.05) is 39.8 Å². The van der Waals surface area contributed by atoms with Crippen molar-refractivity contribution in [3.05, 3.63) is 29.8 Å². The van der Waals surface area contributed by atoms with Crippen LogP contribution in [-0.4, -0.2) is 63.3 Å². The molecule has 8 heteroatoms. The summed E-state index contributed by atoms with van der Waals surface area (Å²) in [5.74, 6) is 0.531. The highest BCUT2D eigenvalue weighted by Gasteiger charge is 2.42. The molecular formula is C18H28ClN3O3S. The van der Waals surface area contributed by atoms with Crippen molar-refractivity contribution in [1.29, 1.82) is 0 Å². The highest BCUT2D eigenvalue weighted by atomic mass is 35.5. The van der Waals surface area contributed by atoms with E-state index >= 15 is 0 Å². The number of unbranched alkanes of at least 4 members (excludes halogenated alkanes) is 1. The van der Waals surface area contributed by atoms with Crippen molar-refractivity contribution < 1.29 is 13.2 Å². The number of carbonyl (C=O) groups is 1. The lowest BCUT2D eigenvalue weighted by molar-refractivity contribution is 0.0789. The monoisotopic (exact) mass is 401 g/mol. The Morgan fingerprint density at radius 3 is 2.46 bits per heavy atom. The minimum Gasteiger partial charge on any atom is -0.342 e. The number of rotatable bonds is 6. The normalized spacial score (nSPS) is 22.7. The van der Waals surface area contributed by atoms with E-state index < -0.39 is 10.0 Å². The van der Waals surface area contributed by atoms with Gasteiger partial charge in [0.1, 0.15) is 0 Å². The summed E-state index contributed by atoms with van der Waals surface area (Å²) in [4.78, 5) is 14.5. The Morgan fingerprint density at radius 2 is 1.85 bits per heavy atom. The number of hydrogen-bond acceptors (Lipinski definition) is 4. The van der Waals surface area contributed by atoms with Crippen molar-refractivity contribution in [1.82, 2.24) is 14.5 Å². The molecule has 2 aliphatic rings. The average molecular weight is 402 g/mol. The standard InChI is InChI=1S/C18H27N3O3S.ClH/c1-3-4-9-20(2)18(22)16-7-5-6-8-17(16)25(23,24)21-12-14-10-19-11-15(14)13-21;/h5-8,14-15,19H,3-4,9-13H2,1-2H3;1H/t14-,15+;. The van der Waals surface area contributed by atoms with Crippen LogP contribution >= 0.6 is 12.4 Å². The molecule has 0 aliphatic carbocycles. The minimum atomic E-state index is -3.65. The molecule has 6 nitrogen and oxygen atoms in total. The first kappa shape index (κ1) is 21.2. The topological polar surface area (TPSA) is 69.7 Å². The summed E-state index contributed by atoms with van der Waals surface area (Å²) in [7, 11) is -1.92. The second-order valence-electron chi connectivity index (χ2n) is 7.08. The Labute approximate surface area is 162 Å². The molecule has 0 bridgehead atoms. The van der Waals surface area contributed by atoms with Crippen LogP contribution in [0.2, 0.25) is 0 Å². The van der Waals surface area contributed by atoms with E-state index in [9.17, 15) is 13.2 Å². The summed E-state index contributed by atoms with van der Waals surface area (Å²) in [5, 5.41) is 3.32. The second kappa shape index (κ2) is 8.69. The van der Waals surface area contributed by atoms with Crippen molar-refractivity contribution in [3.63, 3.8) is 0 Å². The van der Waals surface area contributed by atoms with Gasteiger partial charge in [0.2, 0.25) is 10.0 Å². The summed E-state index contributed by atoms with van der Waals surface area (Å²) in [6, 6.07) is 6.59. The fourth-order valence-corrected chi connectivity index (χ4v) is 5.46. The molecule has 1 aromatic rings. The molecule has 26 heavy (non-hydrogen) atoms. The molecule has 1 aromatic carbocycles. The van der Waals surface area contributed by atoms with E-state index in [-0.39, 0.29) is 28.8 Å². The fraction of sp³-hybridized carbons (Fsp3) is 0.611. The Kier molecular flexibility index (Phi) is 7.07. The maximum Gasteiger partial charge on any atom is 0.254 e. The quantitative estimate of drug-likeness (QED) is 0.789. The molecule has 1 amide bonds. The average Bonchev–Trinajstić information content (AvgIpc) is 3.21. The van der Waals surface area contributed by atoms with Crippen molar-refractivity contribution >= 4 is 28.3 Å². The van der Waals surface area contributed by atoms with E-state index in [0.717, 1.165) is 25.9 Å². The first-order valence-electron chi connectivity index (χ1n) is 9.00. The van der Waals surface area contributed by atoms with Gasteiger partial charge >= 0.3 is 0 Å². The number of nitrogens with one attached hydrogen (secondary N) is 1. The van der Waals surface area contributed by atoms with Crippen LogP contribution in [0.15, 0.2) is 29.2 Å². The van der Waals surface area contributed by atoms with E-state index in [1.54, 1.807) is 40.5 Å². The van der Waals surface area contributed by atoms with E-state index in [2.05, 4.69) is 12.2 Å². The maximum absolute atomic E-state index is 13.2. The van der Waals surface area contributed by atoms with Crippen molar-refractivity contribution in [3.8, 4) is 0 Å². The molecule has 0 unspecified atom stereocenters. The van der Waals surface area contributed by atoms with Gasteiger partial charge in [0.25, 0.3) is 5.91 Å². The van der Waals surface area contributed by atoms with Gasteiger partial charge < -0.3 is 10.2 Å². The van der Waals surface area contributed by atoms with Gasteiger partial charge in [-0.3, -0.25) is 4.79 Å². The van der Waals surface area contributed by atoms with E-state index in [1.807, 2.05) is 0 Å². The maximum atomic E-state index is 13.2. The predicted molar refractivity (Wildman–Crippen MR) is 104 cm³/mol. The zero-order valence-electron chi connectivity index (χ0n) is 15.3. The summed E-state index contributed by atoms with van der Waals surface area (Å²) < 4.78 is 27.9. The van der Waals surface area contributed by atoms with Crippen molar-refractivity contribution in [2.24, 2.45) is 11.8 Å². The molecule has 2 aliphatic heterocycles. The molecule has 1 N–H and O–H groups in total. The number of carbonyl (C=O) groups excluding carboxylic acids is 1. The van der Waals surface area contributed by atoms with Gasteiger partial charge in [-0.05, 0) is 43.5 Å². The van der Waals surface area contributed by atoms with E-state index in [0.29, 0.717) is 31.5 Å². The van der Waals surface area contributed by atoms with Crippen molar-refractivity contribution in [2.45, 2.75) is 24.7 Å².